The number of hydrogen-bond acceptors (Lipinski definition) is 7. The second kappa shape index (κ2) is 10.5. The van der Waals surface area contributed by atoms with Crippen LogP contribution in [0.5, 0.6) is 5.75 Å². The fourth-order valence-electron chi connectivity index (χ4n) is 4.42. The molecule has 1 aliphatic rings. The Morgan fingerprint density at radius 1 is 1.22 bits per heavy atom. The lowest BCUT2D eigenvalue weighted by molar-refractivity contribution is -0.145. The topological polar surface area (TPSA) is 101 Å². The molecule has 10 heteroatoms. The summed E-state index contributed by atoms with van der Waals surface area (Å²) in [7, 11) is 0. The zero-order chi connectivity index (χ0) is 26.9. The van der Waals surface area contributed by atoms with Crippen molar-refractivity contribution >= 4 is 17.6 Å². The summed E-state index contributed by atoms with van der Waals surface area (Å²) in [4.78, 5) is 17.7. The minimum atomic E-state index is -0.846. The number of carboxylic acid groups (broad SMARTS) is 1. The van der Waals surface area contributed by atoms with Gasteiger partial charge in [-0.2, -0.15) is 4.98 Å². The van der Waals surface area contributed by atoms with E-state index in [1.54, 1.807) is 13.8 Å². The molecule has 37 heavy (non-hydrogen) atoms. The SMILES string of the molecule is CC(C)Oc1cc(F)c(-c2nc(N3CCc4cc(CNCC(C(=O)O)C(C)(C)C)ccc43)no2)c(F)c1. The highest BCUT2D eigenvalue weighted by Crippen LogP contribution is 2.36. The minimum Gasteiger partial charge on any atom is -0.491 e. The average molecular weight is 515 g/mol. The number of hydrogen-bond donors (Lipinski definition) is 2. The first-order valence-corrected chi connectivity index (χ1v) is 12.3. The number of halogens is 2. The molecule has 0 aliphatic carbocycles. The van der Waals surface area contributed by atoms with E-state index >= 15 is 0 Å². The molecule has 0 saturated carbocycles. The van der Waals surface area contributed by atoms with Gasteiger partial charge in [0.2, 0.25) is 0 Å². The quantitative estimate of drug-likeness (QED) is 0.395. The Bertz CT molecular complexity index is 1260. The van der Waals surface area contributed by atoms with Crippen LogP contribution in [0.1, 0.15) is 45.7 Å². The van der Waals surface area contributed by atoms with Crippen LogP contribution in [-0.4, -0.2) is 40.4 Å². The summed E-state index contributed by atoms with van der Waals surface area (Å²) in [5.74, 6) is -2.95. The van der Waals surface area contributed by atoms with Crippen LogP contribution in [0.15, 0.2) is 34.9 Å². The van der Waals surface area contributed by atoms with Gasteiger partial charge in [0.25, 0.3) is 11.8 Å². The molecular formula is C27H32F2N4O4. The lowest BCUT2D eigenvalue weighted by Gasteiger charge is -2.27. The second-order valence-corrected chi connectivity index (χ2v) is 10.6. The number of carbonyl (C=O) groups is 1. The molecule has 0 spiro atoms. The number of nitrogens with zero attached hydrogens (tertiary/aromatic N) is 3. The molecule has 2 heterocycles. The van der Waals surface area contributed by atoms with Gasteiger partial charge in [0.15, 0.2) is 0 Å². The Hall–Kier alpha value is -3.53. The van der Waals surface area contributed by atoms with Gasteiger partial charge < -0.3 is 24.6 Å². The first-order valence-electron chi connectivity index (χ1n) is 12.3. The van der Waals surface area contributed by atoms with Crippen molar-refractivity contribution in [2.24, 2.45) is 11.3 Å². The third-order valence-corrected chi connectivity index (χ3v) is 6.32. The summed E-state index contributed by atoms with van der Waals surface area (Å²) in [5.41, 5.74) is 2.24. The number of benzene rings is 2. The first kappa shape index (κ1) is 26.5. The summed E-state index contributed by atoms with van der Waals surface area (Å²) in [6.45, 7) is 10.8. The average Bonchev–Trinajstić information content (AvgIpc) is 3.41. The Morgan fingerprint density at radius 3 is 2.54 bits per heavy atom. The third-order valence-electron chi connectivity index (χ3n) is 6.32. The maximum Gasteiger partial charge on any atom is 0.308 e. The van der Waals surface area contributed by atoms with Crippen LogP contribution in [0.4, 0.5) is 20.4 Å². The van der Waals surface area contributed by atoms with Crippen LogP contribution in [0.3, 0.4) is 0 Å². The van der Waals surface area contributed by atoms with E-state index in [1.165, 1.54) is 0 Å². The second-order valence-electron chi connectivity index (χ2n) is 10.6. The van der Waals surface area contributed by atoms with Crippen LogP contribution in [0.25, 0.3) is 11.5 Å². The summed E-state index contributed by atoms with van der Waals surface area (Å²) in [6, 6.07) is 8.15. The molecule has 8 nitrogen and oxygen atoms in total. The summed E-state index contributed by atoms with van der Waals surface area (Å²) >= 11 is 0. The number of nitrogens with one attached hydrogen (secondary N) is 1. The van der Waals surface area contributed by atoms with Crippen LogP contribution < -0.4 is 15.0 Å². The highest BCUT2D eigenvalue weighted by Gasteiger charge is 2.31. The lowest BCUT2D eigenvalue weighted by Crippen LogP contribution is -2.37. The molecule has 4 rings (SSSR count). The fraction of sp³-hybridized carbons (Fsp3) is 0.444. The predicted molar refractivity (Wildman–Crippen MR) is 135 cm³/mol. The van der Waals surface area contributed by atoms with Crippen molar-refractivity contribution in [3.8, 4) is 17.2 Å². The Kier molecular flexibility index (Phi) is 7.49. The largest absolute Gasteiger partial charge is 0.491 e. The van der Waals surface area contributed by atoms with Crippen LogP contribution >= 0.6 is 0 Å². The number of rotatable bonds is 9. The maximum absolute atomic E-state index is 14.7. The summed E-state index contributed by atoms with van der Waals surface area (Å²) in [5, 5.41) is 16.7. The molecule has 1 aliphatic heterocycles. The number of aromatic nitrogens is 2. The molecule has 0 amide bonds. The van der Waals surface area contributed by atoms with Gasteiger partial charge in [-0.25, -0.2) is 8.78 Å². The van der Waals surface area contributed by atoms with E-state index < -0.39 is 29.1 Å². The molecule has 0 bridgehead atoms. The van der Waals surface area contributed by atoms with Gasteiger partial charge in [-0.3, -0.25) is 4.79 Å². The predicted octanol–water partition coefficient (Wildman–Crippen LogP) is 5.33. The maximum atomic E-state index is 14.7. The van der Waals surface area contributed by atoms with Gasteiger partial charge in [-0.1, -0.05) is 32.9 Å². The van der Waals surface area contributed by atoms with Crippen LogP contribution in [0, 0.1) is 23.0 Å². The van der Waals surface area contributed by atoms with Gasteiger partial charge in [-0.15, -0.1) is 0 Å². The molecule has 1 aromatic heterocycles. The molecule has 0 saturated heterocycles. The number of ether oxygens (including phenoxy) is 1. The normalized spacial score (nSPS) is 14.2. The van der Waals surface area contributed by atoms with E-state index in [0.29, 0.717) is 19.6 Å². The molecule has 198 valence electrons. The lowest BCUT2D eigenvalue weighted by atomic mass is 9.80. The summed E-state index contributed by atoms with van der Waals surface area (Å²) in [6.07, 6.45) is 0.507. The van der Waals surface area contributed by atoms with Crippen LogP contribution in [0.2, 0.25) is 0 Å². The van der Waals surface area contributed by atoms with Gasteiger partial charge in [-0.05, 0) is 48.0 Å². The zero-order valence-corrected chi connectivity index (χ0v) is 21.6. The Labute approximate surface area is 214 Å². The van der Waals surface area contributed by atoms with Crippen molar-refractivity contribution in [2.75, 3.05) is 18.0 Å². The third kappa shape index (κ3) is 5.90. The van der Waals surface area contributed by atoms with Crippen LogP contribution in [-0.2, 0) is 17.8 Å². The number of aliphatic carboxylic acids is 1. The van der Waals surface area contributed by atoms with Gasteiger partial charge in [0, 0.05) is 37.5 Å². The molecule has 0 radical (unpaired) electrons. The minimum absolute atomic E-state index is 0.0872. The van der Waals surface area contributed by atoms with E-state index in [0.717, 1.165) is 35.4 Å². The molecular weight excluding hydrogens is 482 g/mol. The summed E-state index contributed by atoms with van der Waals surface area (Å²) < 4.78 is 40.0. The highest BCUT2D eigenvalue weighted by atomic mass is 19.1. The van der Waals surface area contributed by atoms with E-state index in [2.05, 4.69) is 21.5 Å². The van der Waals surface area contributed by atoms with E-state index in [-0.39, 0.29) is 29.1 Å². The van der Waals surface area contributed by atoms with Crippen molar-refractivity contribution in [1.29, 1.82) is 0 Å². The molecule has 1 atom stereocenters. The van der Waals surface area contributed by atoms with E-state index in [1.807, 2.05) is 37.8 Å². The monoisotopic (exact) mass is 514 g/mol. The van der Waals surface area contributed by atoms with Crippen molar-refractivity contribution in [3.63, 3.8) is 0 Å². The number of anilines is 2. The van der Waals surface area contributed by atoms with Gasteiger partial charge >= 0.3 is 5.97 Å². The fourth-order valence-corrected chi connectivity index (χ4v) is 4.42. The van der Waals surface area contributed by atoms with Gasteiger partial charge in [0.1, 0.15) is 22.9 Å². The van der Waals surface area contributed by atoms with Crippen molar-refractivity contribution in [2.45, 2.75) is 53.7 Å². The van der Waals surface area contributed by atoms with Crippen molar-refractivity contribution < 1.29 is 27.9 Å². The number of fused-ring (bicyclic) bond motifs is 1. The molecule has 1 unspecified atom stereocenters. The van der Waals surface area contributed by atoms with Crippen molar-refractivity contribution in [3.05, 3.63) is 53.1 Å². The zero-order valence-electron chi connectivity index (χ0n) is 21.6. The van der Waals surface area contributed by atoms with E-state index in [9.17, 15) is 18.7 Å². The first-order chi connectivity index (χ1) is 17.4. The van der Waals surface area contributed by atoms with Gasteiger partial charge in [0.05, 0.1) is 12.0 Å². The molecule has 2 aromatic carbocycles. The molecule has 0 fully saturated rings. The number of carboxylic acids is 1. The smallest absolute Gasteiger partial charge is 0.308 e. The van der Waals surface area contributed by atoms with Crippen molar-refractivity contribution in [1.82, 2.24) is 15.5 Å². The molecule has 2 N–H and O–H groups in total. The molecule has 3 aromatic rings. The highest BCUT2D eigenvalue weighted by molar-refractivity contribution is 5.71. The standard InChI is InChI=1S/C27H32F2N4O4/c1-15(2)36-18-11-20(28)23(21(29)12-18)24-31-26(32-37-24)33-9-8-17-10-16(6-7-22(17)33)13-30-14-19(25(34)35)27(3,4)5/h6-7,10-12,15,19,30H,8-9,13-14H2,1-5H3,(H,34,35). The Morgan fingerprint density at radius 2 is 1.92 bits per heavy atom. The Balaban J connectivity index is 1.47. The van der Waals surface area contributed by atoms with E-state index in [4.69, 9.17) is 9.26 Å².